The Bertz CT molecular complexity index is 365. The predicted molar refractivity (Wildman–Crippen MR) is 54.6 cm³/mol. The normalized spacial score (nSPS) is 10.6. The number of aliphatic hydroxyl groups is 1. The van der Waals surface area contributed by atoms with Gasteiger partial charge >= 0.3 is 0 Å². The van der Waals surface area contributed by atoms with Crippen molar-refractivity contribution in [3.8, 4) is 29.9 Å². The van der Waals surface area contributed by atoms with Gasteiger partial charge < -0.3 is 9.84 Å². The topological polar surface area (TPSA) is 29.5 Å². The number of hydrogen-bond acceptors (Lipinski definition) is 2. The van der Waals surface area contributed by atoms with Crippen LogP contribution in [0, 0.1) is 24.2 Å². The molecule has 1 aromatic rings. The molecular formula is C12H10O2. The number of ether oxygens (including phenoxy) is 1. The molecule has 2 nitrogen and oxygen atoms in total. The van der Waals surface area contributed by atoms with Gasteiger partial charge in [0, 0.05) is 0 Å². The fourth-order valence-electron chi connectivity index (χ4n) is 0.816. The van der Waals surface area contributed by atoms with E-state index in [4.69, 9.17) is 16.3 Å². The zero-order chi connectivity index (χ0) is 10.2. The Kier molecular flexibility index (Phi) is 4.14. The summed E-state index contributed by atoms with van der Waals surface area (Å²) in [6.07, 6.45) is 3.92. The molecule has 1 rings (SSSR count). The second-order valence-electron chi connectivity index (χ2n) is 2.49. The molecule has 0 aromatic heterocycles. The summed E-state index contributed by atoms with van der Waals surface area (Å²) in [6, 6.07) is 9.32. The van der Waals surface area contributed by atoms with Crippen LogP contribution in [0.5, 0.6) is 5.75 Å². The predicted octanol–water partition coefficient (Wildman–Crippen LogP) is 1.06. The van der Waals surface area contributed by atoms with Gasteiger partial charge in [0.1, 0.15) is 12.4 Å². The van der Waals surface area contributed by atoms with Crippen molar-refractivity contribution in [2.24, 2.45) is 0 Å². The molecule has 0 fully saturated rings. The molecule has 1 N–H and O–H groups in total. The Morgan fingerprint density at radius 1 is 1.36 bits per heavy atom. The lowest BCUT2D eigenvalue weighted by Gasteiger charge is -1.99. The first-order valence-electron chi connectivity index (χ1n) is 4.13. The summed E-state index contributed by atoms with van der Waals surface area (Å²) in [6.45, 7) is 0.225. The van der Waals surface area contributed by atoms with Crippen LogP contribution in [0.25, 0.3) is 0 Å². The Hall–Kier alpha value is -1.90. The molecule has 0 radical (unpaired) electrons. The van der Waals surface area contributed by atoms with Crippen LogP contribution >= 0.6 is 0 Å². The lowest BCUT2D eigenvalue weighted by Crippen LogP contribution is -1.99. The maximum absolute atomic E-state index is 8.89. The lowest BCUT2D eigenvalue weighted by atomic mass is 10.3. The van der Waals surface area contributed by atoms with Gasteiger partial charge in [-0.25, -0.2) is 0 Å². The maximum Gasteiger partial charge on any atom is 0.176 e. The van der Waals surface area contributed by atoms with E-state index in [0.29, 0.717) is 0 Å². The van der Waals surface area contributed by atoms with E-state index >= 15 is 0 Å². The molecule has 14 heavy (non-hydrogen) atoms. The minimum absolute atomic E-state index is 0.225. The molecule has 0 heterocycles. The molecule has 0 bridgehead atoms. The van der Waals surface area contributed by atoms with Gasteiger partial charge in [-0.3, -0.25) is 0 Å². The number of aliphatic hydroxyl groups excluding tert-OH is 1. The number of rotatable bonds is 2. The lowest BCUT2D eigenvalue weighted by molar-refractivity contribution is 0.289. The molecule has 0 aliphatic heterocycles. The molecular weight excluding hydrogens is 176 g/mol. The van der Waals surface area contributed by atoms with Gasteiger partial charge in [-0.1, -0.05) is 36.0 Å². The third-order valence-electron chi connectivity index (χ3n) is 1.45. The molecule has 0 spiro atoms. The fraction of sp³-hybridized carbons (Fsp3) is 0.167. The van der Waals surface area contributed by atoms with E-state index in [9.17, 15) is 0 Å². The van der Waals surface area contributed by atoms with Crippen molar-refractivity contribution in [3.05, 3.63) is 30.3 Å². The molecule has 0 saturated carbocycles. The average molecular weight is 186 g/mol. The second-order valence-corrected chi connectivity index (χ2v) is 2.49. The van der Waals surface area contributed by atoms with Crippen LogP contribution in [0.1, 0.15) is 0 Å². The minimum Gasteiger partial charge on any atom is -0.481 e. The average Bonchev–Trinajstić information content (AvgIpc) is 2.25. The zero-order valence-electron chi connectivity index (χ0n) is 7.60. The third kappa shape index (κ3) is 3.67. The van der Waals surface area contributed by atoms with Gasteiger partial charge in [0.25, 0.3) is 0 Å². The first-order valence-corrected chi connectivity index (χ1v) is 4.13. The molecule has 1 atom stereocenters. The molecule has 0 saturated heterocycles. The van der Waals surface area contributed by atoms with Crippen LogP contribution in [0.4, 0.5) is 0 Å². The summed E-state index contributed by atoms with van der Waals surface area (Å²) in [5.74, 6) is 7.90. The summed E-state index contributed by atoms with van der Waals surface area (Å²) >= 11 is 0. The van der Waals surface area contributed by atoms with Crippen molar-refractivity contribution in [1.82, 2.24) is 0 Å². The smallest absolute Gasteiger partial charge is 0.176 e. The van der Waals surface area contributed by atoms with E-state index in [1.807, 2.05) is 30.3 Å². The van der Waals surface area contributed by atoms with Crippen molar-refractivity contribution < 1.29 is 9.84 Å². The summed E-state index contributed by atoms with van der Waals surface area (Å²) in [5.41, 5.74) is 0. The molecule has 70 valence electrons. The molecule has 0 aliphatic rings. The highest BCUT2D eigenvalue weighted by atomic mass is 16.5. The first kappa shape index (κ1) is 10.2. The van der Waals surface area contributed by atoms with Crippen molar-refractivity contribution in [2.45, 2.75) is 6.10 Å². The highest BCUT2D eigenvalue weighted by molar-refractivity contribution is 5.22. The van der Waals surface area contributed by atoms with Crippen LogP contribution in [0.3, 0.4) is 0 Å². The van der Waals surface area contributed by atoms with E-state index in [0.717, 1.165) is 5.75 Å². The van der Waals surface area contributed by atoms with Gasteiger partial charge in [-0.05, 0) is 12.1 Å². The van der Waals surface area contributed by atoms with E-state index in [2.05, 4.69) is 17.8 Å². The van der Waals surface area contributed by atoms with Gasteiger partial charge in [0.2, 0.25) is 0 Å². The monoisotopic (exact) mass is 186 g/mol. The summed E-state index contributed by atoms with van der Waals surface area (Å²) in [4.78, 5) is 0. The van der Waals surface area contributed by atoms with Crippen LogP contribution in [-0.4, -0.2) is 17.8 Å². The molecule has 1 aromatic carbocycles. The van der Waals surface area contributed by atoms with E-state index in [1.165, 1.54) is 0 Å². The van der Waals surface area contributed by atoms with Crippen LogP contribution in [0.15, 0.2) is 30.3 Å². The van der Waals surface area contributed by atoms with Crippen LogP contribution in [0.2, 0.25) is 0 Å². The Labute approximate surface area is 83.5 Å². The highest BCUT2D eigenvalue weighted by Gasteiger charge is 1.89. The summed E-state index contributed by atoms with van der Waals surface area (Å²) < 4.78 is 5.25. The highest BCUT2D eigenvalue weighted by Crippen LogP contribution is 2.07. The Morgan fingerprint density at radius 3 is 2.71 bits per heavy atom. The van der Waals surface area contributed by atoms with Gasteiger partial charge in [-0.2, -0.15) is 0 Å². The van der Waals surface area contributed by atoms with Crippen molar-refractivity contribution in [2.75, 3.05) is 6.61 Å². The van der Waals surface area contributed by atoms with Gasteiger partial charge in [0.05, 0.1) is 0 Å². The fourth-order valence-corrected chi connectivity index (χ4v) is 0.816. The quantitative estimate of drug-likeness (QED) is 0.700. The van der Waals surface area contributed by atoms with Crippen molar-refractivity contribution in [3.63, 3.8) is 0 Å². The Morgan fingerprint density at radius 2 is 2.07 bits per heavy atom. The molecule has 0 amide bonds. The standard InChI is InChI=1S/C12H10O2/c1-2-11(13)7-6-10-14-12-8-4-3-5-9-12/h1,3-5,8-9,11,13H,10H2. The molecule has 2 heteroatoms. The second kappa shape index (κ2) is 5.70. The van der Waals surface area contributed by atoms with E-state index < -0.39 is 6.10 Å². The number of hydrogen-bond donors (Lipinski definition) is 1. The van der Waals surface area contributed by atoms with Gasteiger partial charge in [0.15, 0.2) is 6.10 Å². The largest absolute Gasteiger partial charge is 0.481 e. The van der Waals surface area contributed by atoms with Crippen LogP contribution in [-0.2, 0) is 0 Å². The number of benzene rings is 1. The van der Waals surface area contributed by atoms with Crippen molar-refractivity contribution in [1.29, 1.82) is 0 Å². The zero-order valence-corrected chi connectivity index (χ0v) is 7.60. The number of terminal acetylenes is 1. The third-order valence-corrected chi connectivity index (χ3v) is 1.45. The van der Waals surface area contributed by atoms with Crippen molar-refractivity contribution >= 4 is 0 Å². The van der Waals surface area contributed by atoms with Crippen LogP contribution < -0.4 is 4.74 Å². The van der Waals surface area contributed by atoms with Gasteiger partial charge in [-0.15, -0.1) is 6.42 Å². The van der Waals surface area contributed by atoms with E-state index in [1.54, 1.807) is 0 Å². The summed E-state index contributed by atoms with van der Waals surface area (Å²) in [7, 11) is 0. The van der Waals surface area contributed by atoms with E-state index in [-0.39, 0.29) is 6.61 Å². The maximum atomic E-state index is 8.89. The Balaban J connectivity index is 2.35. The first-order chi connectivity index (χ1) is 6.83. The SMILES string of the molecule is C#CC(O)C#CCOc1ccccc1. The minimum atomic E-state index is -1.01. The molecule has 0 aliphatic carbocycles. The number of para-hydroxylation sites is 1. The summed E-state index contributed by atoms with van der Waals surface area (Å²) in [5, 5.41) is 8.89. The molecule has 1 unspecified atom stereocenters.